The summed E-state index contributed by atoms with van der Waals surface area (Å²) in [5.74, 6) is -0.179. The van der Waals surface area contributed by atoms with Crippen molar-refractivity contribution in [2.75, 3.05) is 40.9 Å². The number of aliphatic hydroxyl groups is 1. The Labute approximate surface area is 247 Å². The van der Waals surface area contributed by atoms with Crippen LogP contribution >= 0.6 is 7.82 Å². The number of hydrogen-bond acceptors (Lipinski definition) is 6. The molecule has 9 heteroatoms. The van der Waals surface area contributed by atoms with Crippen molar-refractivity contribution in [3.63, 3.8) is 0 Å². The molecule has 0 aliphatic rings. The minimum absolute atomic E-state index is 0.0145. The number of phosphoric acid groups is 1. The fourth-order valence-corrected chi connectivity index (χ4v) is 5.35. The monoisotopic (exact) mass is 592 g/mol. The minimum Gasteiger partial charge on any atom is -0.756 e. The molecule has 0 aliphatic carbocycles. The highest BCUT2D eigenvalue weighted by atomic mass is 31.2. The number of amides is 1. The van der Waals surface area contributed by atoms with E-state index in [9.17, 15) is 19.4 Å². The van der Waals surface area contributed by atoms with Crippen LogP contribution in [-0.2, 0) is 18.4 Å². The van der Waals surface area contributed by atoms with Crippen molar-refractivity contribution >= 4 is 13.7 Å². The highest BCUT2D eigenvalue weighted by molar-refractivity contribution is 7.45. The molecule has 1 amide bonds. The van der Waals surface area contributed by atoms with Gasteiger partial charge in [-0.2, -0.15) is 0 Å². The molecule has 0 radical (unpaired) electrons. The number of carbonyl (C=O) groups is 1. The molecule has 0 aromatic carbocycles. The molecule has 3 unspecified atom stereocenters. The average Bonchev–Trinajstić information content (AvgIpc) is 2.88. The van der Waals surface area contributed by atoms with Crippen molar-refractivity contribution in [1.82, 2.24) is 5.32 Å². The van der Waals surface area contributed by atoms with E-state index >= 15 is 0 Å². The first-order valence-corrected chi connectivity index (χ1v) is 17.8. The summed E-state index contributed by atoms with van der Waals surface area (Å²) in [5.41, 5.74) is 0. The van der Waals surface area contributed by atoms with E-state index in [0.29, 0.717) is 23.9 Å². The molecule has 40 heavy (non-hydrogen) atoms. The summed E-state index contributed by atoms with van der Waals surface area (Å²) in [7, 11) is 1.30. The fourth-order valence-electron chi connectivity index (χ4n) is 4.62. The summed E-state index contributed by atoms with van der Waals surface area (Å²) in [5, 5.41) is 13.7. The Balaban J connectivity index is 4.44. The predicted molar refractivity (Wildman–Crippen MR) is 164 cm³/mol. The maximum atomic E-state index is 12.5. The standard InChI is InChI=1S/C31H65N2O6P/c1-6-8-10-12-13-14-15-16-17-18-19-21-22-24-30(34)29(32-31(35)25-23-20-11-9-7-2)28-39-40(36,37)38-27-26-33(3,4)5/h29-30,34H,6-28H2,1-5H3,(H-,32,35,36,37). The molecular weight excluding hydrogens is 527 g/mol. The molecule has 0 saturated carbocycles. The van der Waals surface area contributed by atoms with E-state index in [1.165, 1.54) is 64.2 Å². The highest BCUT2D eigenvalue weighted by Gasteiger charge is 2.24. The van der Waals surface area contributed by atoms with Crippen molar-refractivity contribution in [2.24, 2.45) is 0 Å². The molecular formula is C31H65N2O6P. The highest BCUT2D eigenvalue weighted by Crippen LogP contribution is 2.38. The van der Waals surface area contributed by atoms with Gasteiger partial charge in [0, 0.05) is 6.42 Å². The van der Waals surface area contributed by atoms with Gasteiger partial charge in [0.25, 0.3) is 7.82 Å². The number of likely N-dealkylation sites (N-methyl/N-ethyl adjacent to an activating group) is 1. The molecule has 0 saturated heterocycles. The Morgan fingerprint density at radius 3 is 1.70 bits per heavy atom. The number of nitrogens with one attached hydrogen (secondary N) is 1. The number of nitrogens with zero attached hydrogens (tertiary/aromatic N) is 1. The van der Waals surface area contributed by atoms with Gasteiger partial charge in [-0.3, -0.25) is 9.36 Å². The van der Waals surface area contributed by atoms with Gasteiger partial charge >= 0.3 is 0 Å². The predicted octanol–water partition coefficient (Wildman–Crippen LogP) is 6.88. The first kappa shape index (κ1) is 39.5. The lowest BCUT2D eigenvalue weighted by Gasteiger charge is -2.30. The van der Waals surface area contributed by atoms with Gasteiger partial charge in [-0.05, 0) is 12.8 Å². The van der Waals surface area contributed by atoms with E-state index in [1.807, 2.05) is 21.1 Å². The second-order valence-electron chi connectivity index (χ2n) is 12.5. The number of phosphoric ester groups is 1. The van der Waals surface area contributed by atoms with Gasteiger partial charge in [-0.15, -0.1) is 0 Å². The lowest BCUT2D eigenvalue weighted by molar-refractivity contribution is -0.870. The van der Waals surface area contributed by atoms with Crippen LogP contribution in [-0.4, -0.2) is 68.5 Å². The summed E-state index contributed by atoms with van der Waals surface area (Å²) in [4.78, 5) is 24.8. The van der Waals surface area contributed by atoms with Crippen LogP contribution in [0.25, 0.3) is 0 Å². The molecule has 3 atom stereocenters. The lowest BCUT2D eigenvalue weighted by Crippen LogP contribution is -2.46. The first-order chi connectivity index (χ1) is 19.0. The van der Waals surface area contributed by atoms with Crippen molar-refractivity contribution < 1.29 is 32.9 Å². The Kier molecular flexibility index (Phi) is 24.7. The zero-order valence-corrected chi connectivity index (χ0v) is 27.7. The van der Waals surface area contributed by atoms with Crippen LogP contribution in [0.2, 0.25) is 0 Å². The van der Waals surface area contributed by atoms with Gasteiger partial charge in [-0.1, -0.05) is 123 Å². The van der Waals surface area contributed by atoms with Gasteiger partial charge in [0.05, 0.1) is 39.9 Å². The van der Waals surface area contributed by atoms with Gasteiger partial charge in [0.15, 0.2) is 0 Å². The van der Waals surface area contributed by atoms with E-state index in [0.717, 1.165) is 51.4 Å². The minimum atomic E-state index is -4.53. The largest absolute Gasteiger partial charge is 0.756 e. The van der Waals surface area contributed by atoms with Crippen LogP contribution in [0.5, 0.6) is 0 Å². The molecule has 240 valence electrons. The van der Waals surface area contributed by atoms with Crippen molar-refractivity contribution in [2.45, 2.75) is 154 Å². The summed E-state index contributed by atoms with van der Waals surface area (Å²) in [6.45, 7) is 4.60. The zero-order valence-electron chi connectivity index (χ0n) is 26.8. The molecule has 0 aromatic heterocycles. The number of carbonyl (C=O) groups excluding carboxylic acids is 1. The molecule has 0 aliphatic heterocycles. The molecule has 0 aromatic rings. The topological polar surface area (TPSA) is 108 Å². The van der Waals surface area contributed by atoms with Crippen LogP contribution in [0.1, 0.15) is 142 Å². The maximum absolute atomic E-state index is 12.5. The Morgan fingerprint density at radius 2 is 1.23 bits per heavy atom. The maximum Gasteiger partial charge on any atom is 0.268 e. The molecule has 0 spiro atoms. The number of quaternary nitrogens is 1. The SMILES string of the molecule is CCCCCCCCCCCCCCCC(O)C(COP(=O)([O-])OCC[N+](C)(C)C)NC(=O)CCCCCCC. The van der Waals surface area contributed by atoms with Crippen LogP contribution in [0.4, 0.5) is 0 Å². The van der Waals surface area contributed by atoms with E-state index in [4.69, 9.17) is 9.05 Å². The number of hydrogen-bond donors (Lipinski definition) is 2. The smallest absolute Gasteiger partial charge is 0.268 e. The fraction of sp³-hybridized carbons (Fsp3) is 0.968. The number of aliphatic hydroxyl groups excluding tert-OH is 1. The normalized spacial score (nSPS) is 15.1. The Hall–Kier alpha value is -0.500. The third-order valence-corrected chi connectivity index (χ3v) is 8.31. The molecule has 8 nitrogen and oxygen atoms in total. The van der Waals surface area contributed by atoms with E-state index in [1.54, 1.807) is 0 Å². The van der Waals surface area contributed by atoms with Crippen molar-refractivity contribution in [1.29, 1.82) is 0 Å². The number of rotatable bonds is 29. The van der Waals surface area contributed by atoms with Crippen LogP contribution in [0, 0.1) is 0 Å². The van der Waals surface area contributed by atoms with Gasteiger partial charge in [0.1, 0.15) is 13.2 Å². The van der Waals surface area contributed by atoms with Crippen molar-refractivity contribution in [3.8, 4) is 0 Å². The van der Waals surface area contributed by atoms with Crippen LogP contribution in [0.15, 0.2) is 0 Å². The summed E-state index contributed by atoms with van der Waals surface area (Å²) >= 11 is 0. The lowest BCUT2D eigenvalue weighted by atomic mass is 10.0. The number of unbranched alkanes of at least 4 members (excludes halogenated alkanes) is 16. The van der Waals surface area contributed by atoms with Gasteiger partial charge in [0.2, 0.25) is 5.91 Å². The quantitative estimate of drug-likeness (QED) is 0.0557. The zero-order chi connectivity index (χ0) is 30.1. The van der Waals surface area contributed by atoms with Gasteiger partial charge in [-0.25, -0.2) is 0 Å². The summed E-state index contributed by atoms with van der Waals surface area (Å²) in [6, 6.07) is -0.787. The molecule has 0 bridgehead atoms. The second-order valence-corrected chi connectivity index (χ2v) is 13.9. The van der Waals surface area contributed by atoms with Crippen molar-refractivity contribution in [3.05, 3.63) is 0 Å². The molecule has 2 N–H and O–H groups in total. The average molecular weight is 593 g/mol. The molecule has 0 rings (SSSR count). The second kappa shape index (κ2) is 25.0. The molecule has 0 heterocycles. The van der Waals surface area contributed by atoms with Crippen LogP contribution < -0.4 is 10.2 Å². The Morgan fingerprint density at radius 1 is 0.775 bits per heavy atom. The van der Waals surface area contributed by atoms with E-state index in [-0.39, 0.29) is 19.1 Å². The summed E-state index contributed by atoms with van der Waals surface area (Å²) < 4.78 is 22.9. The Bertz CT molecular complexity index is 644. The van der Waals surface area contributed by atoms with Gasteiger partial charge < -0.3 is 28.8 Å². The van der Waals surface area contributed by atoms with E-state index < -0.39 is 20.0 Å². The summed E-state index contributed by atoms with van der Waals surface area (Å²) in [6.07, 6.45) is 21.3. The third kappa shape index (κ3) is 26.4. The third-order valence-electron chi connectivity index (χ3n) is 7.35. The van der Waals surface area contributed by atoms with E-state index in [2.05, 4.69) is 19.2 Å². The molecule has 0 fully saturated rings. The first-order valence-electron chi connectivity index (χ1n) is 16.4. The van der Waals surface area contributed by atoms with Crippen LogP contribution in [0.3, 0.4) is 0 Å².